The molecule has 152 valence electrons. The van der Waals surface area contributed by atoms with Crippen LogP contribution in [0.4, 0.5) is 0 Å². The number of piperidine rings is 1. The third kappa shape index (κ3) is 3.27. The van der Waals surface area contributed by atoms with Crippen LogP contribution in [0.1, 0.15) is 63.8 Å². The molecule has 2 aromatic rings. The van der Waals surface area contributed by atoms with Crippen molar-refractivity contribution in [3.05, 3.63) is 40.7 Å². The van der Waals surface area contributed by atoms with Gasteiger partial charge in [-0.3, -0.25) is 0 Å². The number of hydrogen-bond acceptors (Lipinski definition) is 4. The lowest BCUT2D eigenvalue weighted by Crippen LogP contribution is -2.47. The normalized spacial score (nSPS) is 26.0. The summed E-state index contributed by atoms with van der Waals surface area (Å²) in [5.74, 6) is 0. The molecule has 2 fully saturated rings. The summed E-state index contributed by atoms with van der Waals surface area (Å²) in [5, 5.41) is 9.18. The van der Waals surface area contributed by atoms with E-state index in [0.717, 1.165) is 31.4 Å². The summed E-state index contributed by atoms with van der Waals surface area (Å²) in [6.07, 6.45) is 5.33. The highest BCUT2D eigenvalue weighted by atomic mass is 35.5. The Balaban J connectivity index is 1.61. The topological polar surface area (TPSA) is 68.1 Å². The first kappa shape index (κ1) is 19.9. The molecule has 0 saturated carbocycles. The van der Waals surface area contributed by atoms with Gasteiger partial charge in [0.2, 0.25) is 10.0 Å². The maximum Gasteiger partial charge on any atom is 0.243 e. The third-order valence-corrected chi connectivity index (χ3v) is 8.63. The molecule has 2 aliphatic heterocycles. The van der Waals surface area contributed by atoms with Gasteiger partial charge < -0.3 is 0 Å². The number of rotatable bonds is 3. The molecule has 6 nitrogen and oxygen atoms in total. The SMILES string of the molecule is Cc1c(Cl)cccc1S(=O)(=O)N1C2CCC1CC(n1cc(C(C)(C)C)nn1)C2. The molecule has 2 atom stereocenters. The van der Waals surface area contributed by atoms with Crippen LogP contribution in [0.5, 0.6) is 0 Å². The second kappa shape index (κ2) is 6.82. The maximum absolute atomic E-state index is 13.4. The zero-order valence-electron chi connectivity index (χ0n) is 16.8. The number of sulfonamides is 1. The Morgan fingerprint density at radius 1 is 1.11 bits per heavy atom. The van der Waals surface area contributed by atoms with E-state index in [9.17, 15) is 8.42 Å². The zero-order chi connectivity index (χ0) is 20.3. The number of benzene rings is 1. The zero-order valence-corrected chi connectivity index (χ0v) is 18.3. The van der Waals surface area contributed by atoms with E-state index in [1.54, 1.807) is 29.4 Å². The van der Waals surface area contributed by atoms with Gasteiger partial charge >= 0.3 is 0 Å². The Bertz CT molecular complexity index is 982. The van der Waals surface area contributed by atoms with Crippen molar-refractivity contribution in [2.75, 3.05) is 0 Å². The molecule has 0 N–H and O–H groups in total. The van der Waals surface area contributed by atoms with Crippen molar-refractivity contribution in [3.63, 3.8) is 0 Å². The molecule has 2 saturated heterocycles. The molecular weight excluding hydrogens is 396 g/mol. The van der Waals surface area contributed by atoms with Crippen molar-refractivity contribution in [2.45, 2.75) is 81.8 Å². The van der Waals surface area contributed by atoms with Crippen LogP contribution < -0.4 is 0 Å². The largest absolute Gasteiger partial charge is 0.249 e. The first-order valence-electron chi connectivity index (χ1n) is 9.80. The molecule has 0 radical (unpaired) electrons. The quantitative estimate of drug-likeness (QED) is 0.746. The fourth-order valence-electron chi connectivity index (χ4n) is 4.49. The van der Waals surface area contributed by atoms with Crippen LogP contribution in [0.2, 0.25) is 5.02 Å². The predicted octanol–water partition coefficient (Wildman–Crippen LogP) is 4.09. The van der Waals surface area contributed by atoms with E-state index in [0.29, 0.717) is 15.5 Å². The standard InChI is InChI=1S/C20H27ClN4O2S/c1-13-17(21)6-5-7-18(13)28(26,27)25-14-8-9-15(25)11-16(10-14)24-12-19(22-23-24)20(2,3)4/h5-7,12,14-16H,8-11H2,1-4H3. The molecular formula is C20H27ClN4O2S. The van der Waals surface area contributed by atoms with E-state index in [2.05, 4.69) is 31.1 Å². The lowest BCUT2D eigenvalue weighted by molar-refractivity contribution is 0.183. The Morgan fingerprint density at radius 2 is 1.75 bits per heavy atom. The van der Waals surface area contributed by atoms with Gasteiger partial charge in [-0.05, 0) is 50.3 Å². The van der Waals surface area contributed by atoms with Gasteiger partial charge in [-0.1, -0.05) is 43.7 Å². The minimum Gasteiger partial charge on any atom is -0.249 e. The molecule has 0 spiro atoms. The highest BCUT2D eigenvalue weighted by Gasteiger charge is 2.48. The van der Waals surface area contributed by atoms with Crippen molar-refractivity contribution >= 4 is 21.6 Å². The number of hydrogen-bond donors (Lipinski definition) is 0. The lowest BCUT2D eigenvalue weighted by Gasteiger charge is -2.38. The second-order valence-electron chi connectivity index (χ2n) is 9.04. The fourth-order valence-corrected chi connectivity index (χ4v) is 6.87. The van der Waals surface area contributed by atoms with Gasteiger partial charge in [0.15, 0.2) is 0 Å². The summed E-state index contributed by atoms with van der Waals surface area (Å²) in [5.41, 5.74) is 1.53. The van der Waals surface area contributed by atoms with Crippen molar-refractivity contribution in [1.82, 2.24) is 19.3 Å². The van der Waals surface area contributed by atoms with Gasteiger partial charge in [0.05, 0.1) is 16.6 Å². The van der Waals surface area contributed by atoms with E-state index in [1.807, 2.05) is 10.9 Å². The minimum atomic E-state index is -3.57. The lowest BCUT2D eigenvalue weighted by atomic mass is 9.93. The summed E-state index contributed by atoms with van der Waals surface area (Å²) in [6, 6.07) is 5.28. The van der Waals surface area contributed by atoms with Gasteiger partial charge in [-0.25, -0.2) is 13.1 Å². The predicted molar refractivity (Wildman–Crippen MR) is 109 cm³/mol. The monoisotopic (exact) mass is 422 g/mol. The van der Waals surface area contributed by atoms with Gasteiger partial charge in [0.25, 0.3) is 0 Å². The molecule has 0 aliphatic carbocycles. The number of halogens is 1. The highest BCUT2D eigenvalue weighted by molar-refractivity contribution is 7.89. The summed E-state index contributed by atoms with van der Waals surface area (Å²) in [6.45, 7) is 8.13. The second-order valence-corrected chi connectivity index (χ2v) is 11.3. The Hall–Kier alpha value is -1.44. The van der Waals surface area contributed by atoms with Gasteiger partial charge in [-0.2, -0.15) is 4.31 Å². The number of fused-ring (bicyclic) bond motifs is 2. The summed E-state index contributed by atoms with van der Waals surface area (Å²) >= 11 is 6.19. The molecule has 8 heteroatoms. The molecule has 2 bridgehead atoms. The summed E-state index contributed by atoms with van der Waals surface area (Å²) in [7, 11) is -3.57. The van der Waals surface area contributed by atoms with E-state index < -0.39 is 10.0 Å². The van der Waals surface area contributed by atoms with E-state index in [4.69, 9.17) is 11.6 Å². The first-order chi connectivity index (χ1) is 13.1. The maximum atomic E-state index is 13.4. The Kier molecular flexibility index (Phi) is 4.83. The first-order valence-corrected chi connectivity index (χ1v) is 11.6. The third-order valence-electron chi connectivity index (χ3n) is 6.07. The van der Waals surface area contributed by atoms with Gasteiger partial charge in [-0.15, -0.1) is 5.10 Å². The fraction of sp³-hybridized carbons (Fsp3) is 0.600. The van der Waals surface area contributed by atoms with Crippen molar-refractivity contribution in [3.8, 4) is 0 Å². The molecule has 2 unspecified atom stereocenters. The van der Waals surface area contributed by atoms with Gasteiger partial charge in [0, 0.05) is 28.7 Å². The van der Waals surface area contributed by atoms with E-state index >= 15 is 0 Å². The molecule has 2 aliphatic rings. The average Bonchev–Trinajstić information content (AvgIpc) is 3.21. The highest BCUT2D eigenvalue weighted by Crippen LogP contribution is 2.44. The van der Waals surface area contributed by atoms with Crippen LogP contribution in [0, 0.1) is 6.92 Å². The molecule has 4 rings (SSSR count). The van der Waals surface area contributed by atoms with Crippen LogP contribution in [-0.4, -0.2) is 39.8 Å². The number of nitrogens with zero attached hydrogens (tertiary/aromatic N) is 4. The number of aromatic nitrogens is 3. The summed E-state index contributed by atoms with van der Waals surface area (Å²) < 4.78 is 30.5. The molecule has 1 aromatic heterocycles. The van der Waals surface area contributed by atoms with Crippen LogP contribution in [0.3, 0.4) is 0 Å². The average molecular weight is 423 g/mol. The van der Waals surface area contributed by atoms with E-state index in [1.165, 1.54) is 0 Å². The van der Waals surface area contributed by atoms with Crippen LogP contribution in [0.15, 0.2) is 29.3 Å². The van der Waals surface area contributed by atoms with Gasteiger partial charge in [0.1, 0.15) is 0 Å². The Morgan fingerprint density at radius 3 is 2.32 bits per heavy atom. The molecule has 3 heterocycles. The summed E-state index contributed by atoms with van der Waals surface area (Å²) in [4.78, 5) is 0.325. The van der Waals surface area contributed by atoms with Crippen LogP contribution in [-0.2, 0) is 15.4 Å². The van der Waals surface area contributed by atoms with E-state index in [-0.39, 0.29) is 23.5 Å². The smallest absolute Gasteiger partial charge is 0.243 e. The molecule has 28 heavy (non-hydrogen) atoms. The van der Waals surface area contributed by atoms with Crippen molar-refractivity contribution in [2.24, 2.45) is 0 Å². The Labute approximate surface area is 171 Å². The van der Waals surface area contributed by atoms with Crippen molar-refractivity contribution < 1.29 is 8.42 Å². The van der Waals surface area contributed by atoms with Crippen LogP contribution in [0.25, 0.3) is 0 Å². The molecule has 1 aromatic carbocycles. The van der Waals surface area contributed by atoms with Crippen LogP contribution >= 0.6 is 11.6 Å². The molecule has 0 amide bonds. The van der Waals surface area contributed by atoms with Crippen molar-refractivity contribution in [1.29, 1.82) is 0 Å². The minimum absolute atomic E-state index is 0.00517.